The summed E-state index contributed by atoms with van der Waals surface area (Å²) in [6.45, 7) is 2.47. The summed E-state index contributed by atoms with van der Waals surface area (Å²) in [5.74, 6) is 0. The van der Waals surface area contributed by atoms with E-state index in [4.69, 9.17) is 0 Å². The fourth-order valence-corrected chi connectivity index (χ4v) is 5.08. The van der Waals surface area contributed by atoms with Gasteiger partial charge in [0.1, 0.15) is 0 Å². The van der Waals surface area contributed by atoms with Crippen molar-refractivity contribution in [3.63, 3.8) is 0 Å². The van der Waals surface area contributed by atoms with Crippen LogP contribution in [-0.4, -0.2) is 35.1 Å². The highest BCUT2D eigenvalue weighted by Crippen LogP contribution is 2.43. The number of nitrogens with one attached hydrogen (secondary N) is 1. The van der Waals surface area contributed by atoms with E-state index in [1.807, 2.05) is 0 Å². The fourth-order valence-electron chi connectivity index (χ4n) is 3.19. The molecule has 0 spiro atoms. The molecule has 0 heterocycles. The van der Waals surface area contributed by atoms with Crippen molar-refractivity contribution in [1.29, 1.82) is 0 Å². The van der Waals surface area contributed by atoms with Gasteiger partial charge >= 0.3 is 0 Å². The van der Waals surface area contributed by atoms with E-state index in [1.165, 1.54) is 64.5 Å². The zero-order valence-electron chi connectivity index (χ0n) is 11.4. The maximum atomic E-state index is 3.80. The molecule has 1 nitrogen and oxygen atoms in total. The molecule has 0 unspecified atom stereocenters. The quantitative estimate of drug-likeness (QED) is 0.787. The number of rotatable bonds is 6. The van der Waals surface area contributed by atoms with E-state index in [-0.39, 0.29) is 0 Å². The first-order valence-electron chi connectivity index (χ1n) is 7.05. The smallest absolute Gasteiger partial charge is 0.0281 e. The molecule has 100 valence electrons. The molecule has 0 saturated heterocycles. The Morgan fingerprint density at radius 1 is 0.765 bits per heavy atom. The van der Waals surface area contributed by atoms with Gasteiger partial charge in [-0.15, -0.1) is 0 Å². The summed E-state index contributed by atoms with van der Waals surface area (Å²) in [5.41, 5.74) is 0. The second-order valence-corrected chi connectivity index (χ2v) is 8.34. The van der Waals surface area contributed by atoms with Crippen molar-refractivity contribution in [2.75, 3.05) is 25.6 Å². The Bertz CT molecular complexity index is 227. The van der Waals surface area contributed by atoms with Crippen LogP contribution in [0, 0.1) is 0 Å². The van der Waals surface area contributed by atoms with Crippen LogP contribution in [0.2, 0.25) is 0 Å². The molecule has 2 aliphatic carbocycles. The molecule has 3 heteroatoms. The van der Waals surface area contributed by atoms with Gasteiger partial charge in [-0.2, -0.15) is 23.5 Å². The standard InChI is InChI=1S/C14H27NS2/c1-16-13(7-4-3-5-8-13)11-15-12-14(17-2)9-6-10-14/h15H,3-12H2,1-2H3. The van der Waals surface area contributed by atoms with Crippen LogP contribution in [0.1, 0.15) is 51.4 Å². The Morgan fingerprint density at radius 3 is 1.59 bits per heavy atom. The summed E-state index contributed by atoms with van der Waals surface area (Å²) < 4.78 is 1.15. The van der Waals surface area contributed by atoms with Crippen LogP contribution in [-0.2, 0) is 0 Å². The Labute approximate surface area is 115 Å². The van der Waals surface area contributed by atoms with Gasteiger partial charge in [0.05, 0.1) is 0 Å². The van der Waals surface area contributed by atoms with Crippen LogP contribution in [0.4, 0.5) is 0 Å². The van der Waals surface area contributed by atoms with Gasteiger partial charge in [-0.3, -0.25) is 0 Å². The summed E-state index contributed by atoms with van der Waals surface area (Å²) in [7, 11) is 0. The molecular weight excluding hydrogens is 246 g/mol. The molecule has 0 bridgehead atoms. The largest absolute Gasteiger partial charge is 0.314 e. The van der Waals surface area contributed by atoms with Crippen LogP contribution in [0.15, 0.2) is 0 Å². The molecule has 0 aromatic rings. The molecule has 0 aromatic heterocycles. The van der Waals surface area contributed by atoms with Gasteiger partial charge in [0.2, 0.25) is 0 Å². The zero-order valence-corrected chi connectivity index (χ0v) is 13.0. The summed E-state index contributed by atoms with van der Waals surface area (Å²) in [6, 6.07) is 0. The molecule has 2 aliphatic rings. The molecule has 2 fully saturated rings. The molecule has 1 N–H and O–H groups in total. The van der Waals surface area contributed by atoms with E-state index in [1.54, 1.807) is 0 Å². The van der Waals surface area contributed by atoms with Gasteiger partial charge in [-0.05, 0) is 38.2 Å². The topological polar surface area (TPSA) is 12.0 Å². The minimum absolute atomic E-state index is 0.557. The SMILES string of the molecule is CSC1(CNCC2(SC)CCC2)CCCCC1. The predicted molar refractivity (Wildman–Crippen MR) is 82.3 cm³/mol. The minimum atomic E-state index is 0.557. The van der Waals surface area contributed by atoms with Gasteiger partial charge in [0.15, 0.2) is 0 Å². The van der Waals surface area contributed by atoms with Crippen molar-refractivity contribution in [3.05, 3.63) is 0 Å². The second kappa shape index (κ2) is 6.21. The molecule has 2 saturated carbocycles. The predicted octanol–water partition coefficient (Wildman–Crippen LogP) is 3.93. The number of thioether (sulfide) groups is 2. The maximum absolute atomic E-state index is 3.80. The fraction of sp³-hybridized carbons (Fsp3) is 1.00. The van der Waals surface area contributed by atoms with Crippen LogP contribution in [0.25, 0.3) is 0 Å². The normalized spacial score (nSPS) is 26.5. The van der Waals surface area contributed by atoms with Gasteiger partial charge in [-0.1, -0.05) is 25.7 Å². The van der Waals surface area contributed by atoms with E-state index in [2.05, 4.69) is 41.4 Å². The van der Waals surface area contributed by atoms with Crippen molar-refractivity contribution >= 4 is 23.5 Å². The summed E-state index contributed by atoms with van der Waals surface area (Å²) in [5, 5.41) is 3.80. The Hall–Kier alpha value is 0.660. The van der Waals surface area contributed by atoms with Crippen molar-refractivity contribution in [2.45, 2.75) is 60.9 Å². The molecule has 17 heavy (non-hydrogen) atoms. The molecule has 0 amide bonds. The van der Waals surface area contributed by atoms with Crippen molar-refractivity contribution in [2.24, 2.45) is 0 Å². The van der Waals surface area contributed by atoms with E-state index < -0.39 is 0 Å². The van der Waals surface area contributed by atoms with E-state index in [0.29, 0.717) is 9.49 Å². The Morgan fingerprint density at radius 2 is 1.24 bits per heavy atom. The molecular formula is C14H27NS2. The van der Waals surface area contributed by atoms with Crippen molar-refractivity contribution in [3.8, 4) is 0 Å². The van der Waals surface area contributed by atoms with Gasteiger partial charge in [0.25, 0.3) is 0 Å². The average Bonchev–Trinajstić information content (AvgIpc) is 2.34. The summed E-state index contributed by atoms with van der Waals surface area (Å²) in [6.07, 6.45) is 16.1. The Kier molecular flexibility index (Phi) is 5.14. The lowest BCUT2D eigenvalue weighted by Crippen LogP contribution is -2.48. The molecule has 0 aromatic carbocycles. The lowest BCUT2D eigenvalue weighted by atomic mass is 9.83. The molecule has 0 radical (unpaired) electrons. The summed E-state index contributed by atoms with van der Waals surface area (Å²) in [4.78, 5) is 0. The summed E-state index contributed by atoms with van der Waals surface area (Å²) >= 11 is 4.19. The van der Waals surface area contributed by atoms with Crippen LogP contribution in [0.3, 0.4) is 0 Å². The lowest BCUT2D eigenvalue weighted by Gasteiger charge is -2.42. The van der Waals surface area contributed by atoms with Crippen LogP contribution < -0.4 is 5.32 Å². The van der Waals surface area contributed by atoms with E-state index >= 15 is 0 Å². The minimum Gasteiger partial charge on any atom is -0.314 e. The van der Waals surface area contributed by atoms with Gasteiger partial charge in [-0.25, -0.2) is 0 Å². The third-order valence-corrected chi connectivity index (χ3v) is 7.63. The molecule has 0 atom stereocenters. The third kappa shape index (κ3) is 3.36. The first-order chi connectivity index (χ1) is 8.24. The van der Waals surface area contributed by atoms with E-state index in [9.17, 15) is 0 Å². The average molecular weight is 274 g/mol. The highest BCUT2D eigenvalue weighted by molar-refractivity contribution is 8.00. The number of hydrogen-bond acceptors (Lipinski definition) is 3. The monoisotopic (exact) mass is 273 g/mol. The first kappa shape index (κ1) is 14.1. The van der Waals surface area contributed by atoms with E-state index in [0.717, 1.165) is 0 Å². The van der Waals surface area contributed by atoms with Crippen molar-refractivity contribution in [1.82, 2.24) is 5.32 Å². The second-order valence-electron chi connectivity index (χ2n) is 5.79. The first-order valence-corrected chi connectivity index (χ1v) is 9.50. The third-order valence-electron chi connectivity index (χ3n) is 4.79. The van der Waals surface area contributed by atoms with Crippen LogP contribution in [0.5, 0.6) is 0 Å². The number of hydrogen-bond donors (Lipinski definition) is 1. The molecule has 0 aliphatic heterocycles. The van der Waals surface area contributed by atoms with Gasteiger partial charge in [0, 0.05) is 22.6 Å². The highest BCUT2D eigenvalue weighted by Gasteiger charge is 2.37. The lowest BCUT2D eigenvalue weighted by molar-refractivity contribution is 0.323. The molecule has 2 rings (SSSR count). The highest BCUT2D eigenvalue weighted by atomic mass is 32.2. The van der Waals surface area contributed by atoms with Crippen LogP contribution >= 0.6 is 23.5 Å². The van der Waals surface area contributed by atoms with Gasteiger partial charge < -0.3 is 5.32 Å². The Balaban J connectivity index is 1.75. The van der Waals surface area contributed by atoms with Crippen molar-refractivity contribution < 1.29 is 0 Å². The zero-order chi connectivity index (χ0) is 12.2. The maximum Gasteiger partial charge on any atom is 0.0281 e.